The summed E-state index contributed by atoms with van der Waals surface area (Å²) >= 11 is 0. The average molecular weight is 270 g/mol. The smallest absolute Gasteiger partial charge is 0.120 e. The molecule has 2 aromatic rings. The Hall–Kier alpha value is -1.70. The molecule has 106 valence electrons. The lowest BCUT2D eigenvalue weighted by Gasteiger charge is -2.31. The van der Waals surface area contributed by atoms with Crippen LogP contribution in [0.4, 0.5) is 0 Å². The summed E-state index contributed by atoms with van der Waals surface area (Å²) in [7, 11) is 0. The molecule has 2 aromatic carbocycles. The molecule has 0 amide bonds. The number of rotatable bonds is 2. The molecule has 0 radical (unpaired) electrons. The van der Waals surface area contributed by atoms with Gasteiger partial charge in [0.25, 0.3) is 0 Å². The third kappa shape index (κ3) is 2.90. The predicted molar refractivity (Wildman–Crippen MR) is 82.2 cm³/mol. The number of hydrogen-bond donors (Lipinski definition) is 1. The molecule has 2 heteroatoms. The summed E-state index contributed by atoms with van der Waals surface area (Å²) in [5, 5.41) is 11.7. The number of hydrogen-bond acceptors (Lipinski definition) is 2. The van der Waals surface area contributed by atoms with Gasteiger partial charge in [-0.15, -0.1) is 0 Å². The van der Waals surface area contributed by atoms with E-state index < -0.39 is 0 Å². The lowest BCUT2D eigenvalue weighted by Crippen LogP contribution is -2.28. The molecule has 2 atom stereocenters. The van der Waals surface area contributed by atoms with Crippen LogP contribution in [0.25, 0.3) is 10.8 Å². The molecular weight excluding hydrogens is 248 g/mol. The van der Waals surface area contributed by atoms with Crippen molar-refractivity contribution in [2.24, 2.45) is 11.8 Å². The summed E-state index contributed by atoms with van der Waals surface area (Å²) in [6.45, 7) is 4.62. The van der Waals surface area contributed by atoms with Crippen molar-refractivity contribution < 1.29 is 9.84 Å². The third-order valence-electron chi connectivity index (χ3n) is 4.23. The number of fused-ring (bicyclic) bond motifs is 1. The van der Waals surface area contributed by atoms with Crippen molar-refractivity contribution in [2.75, 3.05) is 0 Å². The van der Waals surface area contributed by atoms with E-state index in [9.17, 15) is 5.11 Å². The molecule has 20 heavy (non-hydrogen) atoms. The van der Waals surface area contributed by atoms with Crippen molar-refractivity contribution in [1.82, 2.24) is 0 Å². The van der Waals surface area contributed by atoms with Gasteiger partial charge in [0.2, 0.25) is 0 Å². The summed E-state index contributed by atoms with van der Waals surface area (Å²) in [4.78, 5) is 0. The normalized spacial score (nSPS) is 26.6. The zero-order valence-electron chi connectivity index (χ0n) is 12.2. The molecule has 0 spiro atoms. The van der Waals surface area contributed by atoms with E-state index >= 15 is 0 Å². The van der Waals surface area contributed by atoms with Gasteiger partial charge in [0, 0.05) is 0 Å². The van der Waals surface area contributed by atoms with Gasteiger partial charge in [-0.1, -0.05) is 26.0 Å². The predicted octanol–water partition coefficient (Wildman–Crippen LogP) is 4.75. The second-order valence-corrected chi connectivity index (χ2v) is 6.35. The highest BCUT2D eigenvalue weighted by Gasteiger charge is 2.25. The van der Waals surface area contributed by atoms with Gasteiger partial charge in [0.1, 0.15) is 11.5 Å². The van der Waals surface area contributed by atoms with E-state index in [0.29, 0.717) is 11.9 Å². The van der Waals surface area contributed by atoms with E-state index in [4.69, 9.17) is 4.74 Å². The molecule has 1 fully saturated rings. The van der Waals surface area contributed by atoms with E-state index in [0.717, 1.165) is 41.2 Å². The number of phenolic OH excluding ortho intramolecular Hbond substituents is 1. The van der Waals surface area contributed by atoms with Crippen molar-refractivity contribution in [1.29, 1.82) is 0 Å². The molecule has 0 bridgehead atoms. The minimum Gasteiger partial charge on any atom is -0.508 e. The van der Waals surface area contributed by atoms with Crippen molar-refractivity contribution in [3.05, 3.63) is 36.4 Å². The average Bonchev–Trinajstić information content (AvgIpc) is 2.37. The Labute approximate surface area is 120 Å². The molecule has 3 rings (SSSR count). The summed E-state index contributed by atoms with van der Waals surface area (Å²) in [5.41, 5.74) is 0. The quantitative estimate of drug-likeness (QED) is 0.853. The highest BCUT2D eigenvalue weighted by atomic mass is 16.5. The van der Waals surface area contributed by atoms with E-state index in [1.807, 2.05) is 18.2 Å². The first kappa shape index (κ1) is 13.3. The van der Waals surface area contributed by atoms with Gasteiger partial charge in [-0.05, 0) is 66.1 Å². The van der Waals surface area contributed by atoms with Gasteiger partial charge in [0.05, 0.1) is 6.10 Å². The van der Waals surface area contributed by atoms with Gasteiger partial charge in [-0.2, -0.15) is 0 Å². The van der Waals surface area contributed by atoms with Gasteiger partial charge in [-0.25, -0.2) is 0 Å². The molecule has 1 saturated carbocycles. The topological polar surface area (TPSA) is 29.5 Å². The number of aromatic hydroxyl groups is 1. The maximum Gasteiger partial charge on any atom is 0.120 e. The van der Waals surface area contributed by atoms with Crippen molar-refractivity contribution >= 4 is 10.8 Å². The minimum atomic E-state index is 0.301. The lowest BCUT2D eigenvalue weighted by molar-refractivity contribution is 0.101. The van der Waals surface area contributed by atoms with Crippen LogP contribution in [-0.4, -0.2) is 11.2 Å². The molecule has 2 nitrogen and oxygen atoms in total. The fourth-order valence-electron chi connectivity index (χ4n) is 3.45. The molecule has 1 N–H and O–H groups in total. The van der Waals surface area contributed by atoms with E-state index in [1.54, 1.807) is 12.1 Å². The van der Waals surface area contributed by atoms with Crippen LogP contribution in [-0.2, 0) is 0 Å². The fraction of sp³-hybridized carbons (Fsp3) is 0.444. The Morgan fingerprint density at radius 3 is 2.35 bits per heavy atom. The van der Waals surface area contributed by atoms with Crippen LogP contribution >= 0.6 is 0 Å². The van der Waals surface area contributed by atoms with Gasteiger partial charge in [-0.3, -0.25) is 0 Å². The Bertz CT molecular complexity index is 595. The zero-order chi connectivity index (χ0) is 14.1. The van der Waals surface area contributed by atoms with Crippen LogP contribution in [0, 0.1) is 11.8 Å². The van der Waals surface area contributed by atoms with Crippen LogP contribution in [0.5, 0.6) is 11.5 Å². The van der Waals surface area contributed by atoms with Crippen LogP contribution in [0.1, 0.15) is 33.1 Å². The Morgan fingerprint density at radius 1 is 0.900 bits per heavy atom. The van der Waals surface area contributed by atoms with Crippen LogP contribution in [0.2, 0.25) is 0 Å². The molecular formula is C18H22O2. The molecule has 0 aromatic heterocycles. The largest absolute Gasteiger partial charge is 0.508 e. The van der Waals surface area contributed by atoms with Gasteiger partial charge in [0.15, 0.2) is 0 Å². The number of benzene rings is 2. The molecule has 1 aliphatic rings. The second-order valence-electron chi connectivity index (χ2n) is 6.35. The Morgan fingerprint density at radius 2 is 1.60 bits per heavy atom. The summed E-state index contributed by atoms with van der Waals surface area (Å²) in [5.74, 6) is 2.70. The van der Waals surface area contributed by atoms with Gasteiger partial charge >= 0.3 is 0 Å². The third-order valence-corrected chi connectivity index (χ3v) is 4.23. The van der Waals surface area contributed by atoms with Crippen molar-refractivity contribution in [2.45, 2.75) is 39.2 Å². The SMILES string of the molecule is CC1CC(C)CC(Oc2ccc3ccc(O)cc3c2)C1. The summed E-state index contributed by atoms with van der Waals surface area (Å²) in [6.07, 6.45) is 3.92. The fourth-order valence-corrected chi connectivity index (χ4v) is 3.45. The van der Waals surface area contributed by atoms with Crippen molar-refractivity contribution in [3.8, 4) is 11.5 Å². The maximum absolute atomic E-state index is 9.57. The first-order valence-corrected chi connectivity index (χ1v) is 7.49. The Kier molecular flexibility index (Phi) is 3.56. The number of phenols is 1. The van der Waals surface area contributed by atoms with E-state index in [2.05, 4.69) is 19.9 Å². The molecule has 0 heterocycles. The standard InChI is InChI=1S/C18H22O2/c1-12-7-13(2)9-18(8-12)20-17-6-4-14-3-5-16(19)10-15(14)11-17/h3-6,10-13,18-19H,7-9H2,1-2H3. The van der Waals surface area contributed by atoms with Gasteiger partial charge < -0.3 is 9.84 Å². The minimum absolute atomic E-state index is 0.301. The summed E-state index contributed by atoms with van der Waals surface area (Å²) < 4.78 is 6.16. The molecule has 2 unspecified atom stereocenters. The van der Waals surface area contributed by atoms with E-state index in [1.165, 1.54) is 6.42 Å². The number of ether oxygens (including phenoxy) is 1. The maximum atomic E-state index is 9.57. The van der Waals surface area contributed by atoms with Crippen LogP contribution < -0.4 is 4.74 Å². The summed E-state index contributed by atoms with van der Waals surface area (Å²) in [6, 6.07) is 11.5. The van der Waals surface area contributed by atoms with Crippen molar-refractivity contribution in [3.63, 3.8) is 0 Å². The zero-order valence-corrected chi connectivity index (χ0v) is 12.2. The highest BCUT2D eigenvalue weighted by molar-refractivity contribution is 5.85. The second kappa shape index (κ2) is 5.35. The van der Waals surface area contributed by atoms with Crippen LogP contribution in [0.15, 0.2) is 36.4 Å². The van der Waals surface area contributed by atoms with Crippen LogP contribution in [0.3, 0.4) is 0 Å². The Balaban J connectivity index is 1.80. The molecule has 0 aliphatic heterocycles. The molecule has 1 aliphatic carbocycles. The van der Waals surface area contributed by atoms with E-state index in [-0.39, 0.29) is 0 Å². The highest BCUT2D eigenvalue weighted by Crippen LogP contribution is 2.32. The first-order chi connectivity index (χ1) is 9.60. The molecule has 0 saturated heterocycles. The first-order valence-electron chi connectivity index (χ1n) is 7.49. The lowest BCUT2D eigenvalue weighted by atomic mass is 9.82. The monoisotopic (exact) mass is 270 g/mol.